The Bertz CT molecular complexity index is 193. The maximum absolute atomic E-state index is 11.3. The molecule has 0 aromatic heterocycles. The summed E-state index contributed by atoms with van der Waals surface area (Å²) in [4.78, 5) is 11.3. The van der Waals surface area contributed by atoms with Crippen LogP contribution in [0.5, 0.6) is 0 Å². The van der Waals surface area contributed by atoms with E-state index in [0.717, 1.165) is 45.2 Å². The molecule has 16 heavy (non-hydrogen) atoms. The van der Waals surface area contributed by atoms with Crippen LogP contribution in [-0.4, -0.2) is 38.8 Å². The predicted octanol–water partition coefficient (Wildman–Crippen LogP) is 0.919. The number of carbonyl (C=O) groups is 1. The van der Waals surface area contributed by atoms with Gasteiger partial charge in [0.05, 0.1) is 0 Å². The van der Waals surface area contributed by atoms with Crippen molar-refractivity contribution in [2.75, 3.05) is 32.8 Å². The van der Waals surface area contributed by atoms with Crippen LogP contribution in [0.15, 0.2) is 0 Å². The first-order chi connectivity index (χ1) is 7.83. The van der Waals surface area contributed by atoms with E-state index in [1.54, 1.807) is 0 Å². The van der Waals surface area contributed by atoms with Gasteiger partial charge >= 0.3 is 0 Å². The second kappa shape index (κ2) is 8.53. The van der Waals surface area contributed by atoms with Crippen molar-refractivity contribution in [2.24, 2.45) is 5.92 Å². The molecule has 1 saturated carbocycles. The lowest BCUT2D eigenvalue weighted by Crippen LogP contribution is -2.28. The molecule has 1 rings (SSSR count). The van der Waals surface area contributed by atoms with Crippen molar-refractivity contribution in [2.45, 2.75) is 32.6 Å². The second-order valence-corrected chi connectivity index (χ2v) is 4.33. The molecule has 0 radical (unpaired) electrons. The summed E-state index contributed by atoms with van der Waals surface area (Å²) in [6.07, 6.45) is 4.15. The molecular formula is C12H24N2O2. The lowest BCUT2D eigenvalue weighted by Gasteiger charge is -2.06. The number of ether oxygens (including phenoxy) is 1. The molecule has 0 aliphatic heterocycles. The average Bonchev–Trinajstić information content (AvgIpc) is 3.07. The van der Waals surface area contributed by atoms with Crippen LogP contribution in [0.1, 0.15) is 32.6 Å². The van der Waals surface area contributed by atoms with Crippen molar-refractivity contribution in [1.29, 1.82) is 0 Å². The Morgan fingerprint density at radius 3 is 2.88 bits per heavy atom. The van der Waals surface area contributed by atoms with Gasteiger partial charge in [-0.05, 0) is 31.7 Å². The van der Waals surface area contributed by atoms with E-state index in [4.69, 9.17) is 4.74 Å². The minimum absolute atomic E-state index is 0.128. The van der Waals surface area contributed by atoms with E-state index in [9.17, 15) is 4.79 Å². The molecule has 1 fully saturated rings. The Kier molecular flexibility index (Phi) is 7.17. The second-order valence-electron chi connectivity index (χ2n) is 4.33. The Morgan fingerprint density at radius 2 is 2.19 bits per heavy atom. The molecule has 0 unspecified atom stereocenters. The van der Waals surface area contributed by atoms with Gasteiger partial charge in [0.15, 0.2) is 0 Å². The number of rotatable bonds is 10. The van der Waals surface area contributed by atoms with Crippen LogP contribution in [0.4, 0.5) is 0 Å². The molecule has 0 saturated heterocycles. The molecule has 2 N–H and O–H groups in total. The molecular weight excluding hydrogens is 204 g/mol. The smallest absolute Gasteiger partial charge is 0.221 e. The largest absolute Gasteiger partial charge is 0.381 e. The van der Waals surface area contributed by atoms with Crippen LogP contribution in [0.2, 0.25) is 0 Å². The SMILES string of the molecule is CCNCCC(=O)NCCCOCC1CC1. The number of nitrogens with one attached hydrogen (secondary N) is 2. The highest BCUT2D eigenvalue weighted by Crippen LogP contribution is 2.28. The minimum atomic E-state index is 0.128. The van der Waals surface area contributed by atoms with Gasteiger partial charge in [-0.15, -0.1) is 0 Å². The third-order valence-electron chi connectivity index (χ3n) is 2.62. The Morgan fingerprint density at radius 1 is 1.38 bits per heavy atom. The van der Waals surface area contributed by atoms with Gasteiger partial charge in [0.2, 0.25) is 5.91 Å². The monoisotopic (exact) mass is 228 g/mol. The summed E-state index contributed by atoms with van der Waals surface area (Å²) in [5.41, 5.74) is 0. The van der Waals surface area contributed by atoms with Gasteiger partial charge in [-0.25, -0.2) is 0 Å². The predicted molar refractivity (Wildman–Crippen MR) is 64.3 cm³/mol. The molecule has 1 aliphatic rings. The van der Waals surface area contributed by atoms with Crippen LogP contribution < -0.4 is 10.6 Å². The van der Waals surface area contributed by atoms with E-state index in [1.807, 2.05) is 6.92 Å². The lowest BCUT2D eigenvalue weighted by molar-refractivity contribution is -0.121. The maximum atomic E-state index is 11.3. The summed E-state index contributed by atoms with van der Waals surface area (Å²) in [7, 11) is 0. The van der Waals surface area contributed by atoms with E-state index < -0.39 is 0 Å². The first-order valence-electron chi connectivity index (χ1n) is 6.38. The minimum Gasteiger partial charge on any atom is -0.381 e. The Hall–Kier alpha value is -0.610. The molecule has 0 aromatic carbocycles. The highest BCUT2D eigenvalue weighted by Gasteiger charge is 2.20. The van der Waals surface area contributed by atoms with Crippen LogP contribution >= 0.6 is 0 Å². The van der Waals surface area contributed by atoms with Crippen LogP contribution in [0.25, 0.3) is 0 Å². The fourth-order valence-electron chi connectivity index (χ4n) is 1.40. The third kappa shape index (κ3) is 7.65. The zero-order chi connectivity index (χ0) is 11.6. The van der Waals surface area contributed by atoms with Crippen molar-refractivity contribution >= 4 is 5.91 Å². The molecule has 4 heteroatoms. The topological polar surface area (TPSA) is 50.4 Å². The molecule has 0 heterocycles. The van der Waals surface area contributed by atoms with Crippen molar-refractivity contribution < 1.29 is 9.53 Å². The van der Waals surface area contributed by atoms with Crippen molar-refractivity contribution in [3.63, 3.8) is 0 Å². The summed E-state index contributed by atoms with van der Waals surface area (Å²) in [5, 5.41) is 6.01. The Balaban J connectivity index is 1.76. The van der Waals surface area contributed by atoms with E-state index in [1.165, 1.54) is 12.8 Å². The van der Waals surface area contributed by atoms with E-state index in [0.29, 0.717) is 6.42 Å². The van der Waals surface area contributed by atoms with Gasteiger partial charge in [-0.2, -0.15) is 0 Å². The van der Waals surface area contributed by atoms with Gasteiger partial charge in [0.1, 0.15) is 0 Å². The quantitative estimate of drug-likeness (QED) is 0.547. The molecule has 4 nitrogen and oxygen atoms in total. The fourth-order valence-corrected chi connectivity index (χ4v) is 1.40. The standard InChI is InChI=1S/C12H24N2O2/c1-2-13-8-6-12(15)14-7-3-9-16-10-11-4-5-11/h11,13H,2-10H2,1H3,(H,14,15). The Labute approximate surface area is 98.1 Å². The number of amides is 1. The molecule has 0 aromatic rings. The van der Waals surface area contributed by atoms with Crippen LogP contribution in [0.3, 0.4) is 0 Å². The lowest BCUT2D eigenvalue weighted by atomic mass is 10.3. The number of hydrogen-bond donors (Lipinski definition) is 2. The van der Waals surface area contributed by atoms with Gasteiger partial charge < -0.3 is 15.4 Å². The number of carbonyl (C=O) groups excluding carboxylic acids is 1. The summed E-state index contributed by atoms with van der Waals surface area (Å²) in [5.74, 6) is 0.956. The van der Waals surface area contributed by atoms with Crippen molar-refractivity contribution in [3.8, 4) is 0 Å². The molecule has 0 atom stereocenters. The highest BCUT2D eigenvalue weighted by molar-refractivity contribution is 5.75. The molecule has 1 aliphatic carbocycles. The summed E-state index contributed by atoms with van der Waals surface area (Å²) >= 11 is 0. The van der Waals surface area contributed by atoms with Crippen molar-refractivity contribution in [1.82, 2.24) is 10.6 Å². The van der Waals surface area contributed by atoms with Crippen LogP contribution in [-0.2, 0) is 9.53 Å². The van der Waals surface area contributed by atoms with E-state index >= 15 is 0 Å². The van der Waals surface area contributed by atoms with Gasteiger partial charge in [-0.3, -0.25) is 4.79 Å². The molecule has 0 bridgehead atoms. The zero-order valence-electron chi connectivity index (χ0n) is 10.3. The first-order valence-corrected chi connectivity index (χ1v) is 6.38. The van der Waals surface area contributed by atoms with Gasteiger partial charge in [0, 0.05) is 32.7 Å². The summed E-state index contributed by atoms with van der Waals surface area (Å²) in [6, 6.07) is 0. The average molecular weight is 228 g/mol. The molecule has 94 valence electrons. The highest BCUT2D eigenvalue weighted by atomic mass is 16.5. The summed E-state index contributed by atoms with van der Waals surface area (Å²) < 4.78 is 5.47. The zero-order valence-corrected chi connectivity index (χ0v) is 10.3. The first kappa shape index (κ1) is 13.5. The number of hydrogen-bond acceptors (Lipinski definition) is 3. The van der Waals surface area contributed by atoms with Crippen molar-refractivity contribution in [3.05, 3.63) is 0 Å². The van der Waals surface area contributed by atoms with E-state index in [-0.39, 0.29) is 5.91 Å². The maximum Gasteiger partial charge on any atom is 0.221 e. The van der Waals surface area contributed by atoms with E-state index in [2.05, 4.69) is 10.6 Å². The fraction of sp³-hybridized carbons (Fsp3) is 0.917. The third-order valence-corrected chi connectivity index (χ3v) is 2.62. The van der Waals surface area contributed by atoms with Gasteiger partial charge in [-0.1, -0.05) is 6.92 Å². The van der Waals surface area contributed by atoms with Crippen LogP contribution in [0, 0.1) is 5.92 Å². The molecule has 0 spiro atoms. The van der Waals surface area contributed by atoms with Gasteiger partial charge in [0.25, 0.3) is 0 Å². The normalized spacial score (nSPS) is 15.1. The molecule has 1 amide bonds. The summed E-state index contributed by atoms with van der Waals surface area (Å²) in [6.45, 7) is 6.13.